The topological polar surface area (TPSA) is 84.2 Å². The second-order valence-electron chi connectivity index (χ2n) is 6.61. The van der Waals surface area contributed by atoms with Gasteiger partial charge in [-0.05, 0) is 29.8 Å². The lowest BCUT2D eigenvalue weighted by atomic mass is 10.1. The first-order chi connectivity index (χ1) is 14.4. The van der Waals surface area contributed by atoms with Crippen molar-refractivity contribution in [3.63, 3.8) is 0 Å². The van der Waals surface area contributed by atoms with Gasteiger partial charge in [-0.3, -0.25) is 14.2 Å². The maximum Gasteiger partial charge on any atom is 0.263 e. The number of benzene rings is 3. The van der Waals surface area contributed by atoms with Crippen molar-refractivity contribution in [1.82, 2.24) is 9.55 Å². The number of amides is 1. The monoisotopic (exact) mass is 439 g/mol. The minimum Gasteiger partial charge on any atom is -0.505 e. The van der Waals surface area contributed by atoms with E-state index in [1.807, 2.05) is 30.3 Å². The first kappa shape index (κ1) is 19.9. The van der Waals surface area contributed by atoms with Gasteiger partial charge in [-0.15, -0.1) is 0 Å². The average Bonchev–Trinajstić information content (AvgIpc) is 2.74. The summed E-state index contributed by atoms with van der Waals surface area (Å²) in [4.78, 5) is 30.2. The zero-order chi connectivity index (χ0) is 21.3. The SMILES string of the molecule is O=C(Nc1cccc2ncn(Cc3ccccc3)c(=O)c12)c1cc(Cl)c(O)c(Cl)c1. The van der Waals surface area contributed by atoms with E-state index in [0.29, 0.717) is 23.1 Å². The summed E-state index contributed by atoms with van der Waals surface area (Å²) >= 11 is 11.8. The highest BCUT2D eigenvalue weighted by atomic mass is 35.5. The van der Waals surface area contributed by atoms with Gasteiger partial charge < -0.3 is 10.4 Å². The van der Waals surface area contributed by atoms with Gasteiger partial charge in [0, 0.05) is 5.56 Å². The molecular weight excluding hydrogens is 425 g/mol. The standard InChI is InChI=1S/C22H15Cl2N3O3/c23-15-9-14(10-16(24)20(15)28)21(29)26-18-8-4-7-17-19(18)22(30)27(12-25-17)11-13-5-2-1-3-6-13/h1-10,12,28H,11H2,(H,26,29). The Morgan fingerprint density at radius 2 is 1.73 bits per heavy atom. The van der Waals surface area contributed by atoms with Crippen LogP contribution in [-0.2, 0) is 6.54 Å². The molecule has 0 bridgehead atoms. The third-order valence-corrected chi connectivity index (χ3v) is 5.15. The predicted octanol–water partition coefficient (Wildman–Crippen LogP) is 4.71. The smallest absolute Gasteiger partial charge is 0.263 e. The summed E-state index contributed by atoms with van der Waals surface area (Å²) < 4.78 is 1.49. The Bertz CT molecular complexity index is 1300. The van der Waals surface area contributed by atoms with Crippen LogP contribution in [0.4, 0.5) is 5.69 Å². The molecule has 0 saturated heterocycles. The number of halogens is 2. The van der Waals surface area contributed by atoms with Gasteiger partial charge in [0.05, 0.1) is 39.5 Å². The maximum atomic E-state index is 13.1. The van der Waals surface area contributed by atoms with Crippen molar-refractivity contribution in [3.8, 4) is 5.75 Å². The van der Waals surface area contributed by atoms with Crippen molar-refractivity contribution in [2.75, 3.05) is 5.32 Å². The van der Waals surface area contributed by atoms with Crippen molar-refractivity contribution in [2.45, 2.75) is 6.54 Å². The number of hydrogen-bond donors (Lipinski definition) is 2. The van der Waals surface area contributed by atoms with Crippen LogP contribution in [0.15, 0.2) is 71.8 Å². The number of fused-ring (bicyclic) bond motifs is 1. The predicted molar refractivity (Wildman–Crippen MR) is 118 cm³/mol. The summed E-state index contributed by atoms with van der Waals surface area (Å²) in [7, 11) is 0. The first-order valence-corrected chi connectivity index (χ1v) is 9.71. The zero-order valence-corrected chi connectivity index (χ0v) is 17.0. The molecule has 0 unspecified atom stereocenters. The van der Waals surface area contributed by atoms with Gasteiger partial charge in [0.15, 0.2) is 5.75 Å². The Morgan fingerprint density at radius 1 is 1.03 bits per heavy atom. The molecular formula is C22H15Cl2N3O3. The van der Waals surface area contributed by atoms with Crippen molar-refractivity contribution < 1.29 is 9.90 Å². The molecule has 0 atom stereocenters. The lowest BCUT2D eigenvalue weighted by Crippen LogP contribution is -2.23. The Balaban J connectivity index is 1.73. The molecule has 2 N–H and O–H groups in total. The molecule has 6 nitrogen and oxygen atoms in total. The van der Waals surface area contributed by atoms with Crippen LogP contribution in [0.25, 0.3) is 10.9 Å². The molecule has 3 aromatic carbocycles. The minimum absolute atomic E-state index is 0.0440. The Morgan fingerprint density at radius 3 is 2.43 bits per heavy atom. The van der Waals surface area contributed by atoms with Crippen LogP contribution in [0.5, 0.6) is 5.75 Å². The number of rotatable bonds is 4. The lowest BCUT2D eigenvalue weighted by molar-refractivity contribution is 0.102. The van der Waals surface area contributed by atoms with Gasteiger partial charge in [0.2, 0.25) is 0 Å². The van der Waals surface area contributed by atoms with E-state index in [1.54, 1.807) is 18.2 Å². The number of phenolic OH excluding ortho intramolecular Hbond substituents is 1. The number of nitrogens with one attached hydrogen (secondary N) is 1. The number of carbonyl (C=O) groups is 1. The Hall–Kier alpha value is -3.35. The lowest BCUT2D eigenvalue weighted by Gasteiger charge is -2.11. The number of aromatic nitrogens is 2. The van der Waals surface area contributed by atoms with Crippen molar-refractivity contribution in [3.05, 3.63) is 98.5 Å². The minimum atomic E-state index is -0.524. The van der Waals surface area contributed by atoms with E-state index in [1.165, 1.54) is 23.0 Å². The van der Waals surface area contributed by atoms with Gasteiger partial charge in [0.25, 0.3) is 11.5 Å². The number of anilines is 1. The molecule has 0 fully saturated rings. The normalized spacial score (nSPS) is 10.9. The third-order valence-electron chi connectivity index (χ3n) is 4.58. The second kappa shape index (κ2) is 8.18. The molecule has 4 aromatic rings. The molecule has 1 heterocycles. The molecule has 0 aliphatic heterocycles. The molecule has 0 saturated carbocycles. The van der Waals surface area contributed by atoms with Crippen LogP contribution in [0.2, 0.25) is 10.0 Å². The van der Waals surface area contributed by atoms with E-state index in [9.17, 15) is 14.7 Å². The van der Waals surface area contributed by atoms with Crippen LogP contribution in [0, 0.1) is 0 Å². The molecule has 30 heavy (non-hydrogen) atoms. The third kappa shape index (κ3) is 3.87. The van der Waals surface area contributed by atoms with Gasteiger partial charge >= 0.3 is 0 Å². The number of carbonyl (C=O) groups excluding carboxylic acids is 1. The quantitative estimate of drug-likeness (QED) is 0.482. The maximum absolute atomic E-state index is 13.1. The van der Waals surface area contributed by atoms with E-state index < -0.39 is 5.91 Å². The molecule has 150 valence electrons. The number of phenols is 1. The van der Waals surface area contributed by atoms with E-state index >= 15 is 0 Å². The summed E-state index contributed by atoms with van der Waals surface area (Å²) in [6.45, 7) is 0.355. The fraction of sp³-hybridized carbons (Fsp3) is 0.0455. The van der Waals surface area contributed by atoms with E-state index in [-0.39, 0.29) is 26.9 Å². The van der Waals surface area contributed by atoms with Crippen LogP contribution in [0.1, 0.15) is 15.9 Å². The second-order valence-corrected chi connectivity index (χ2v) is 7.42. The van der Waals surface area contributed by atoms with Crippen LogP contribution in [0.3, 0.4) is 0 Å². The summed E-state index contributed by atoms with van der Waals surface area (Å²) in [5, 5.41) is 12.6. The Labute approximate surface area is 181 Å². The van der Waals surface area contributed by atoms with Crippen LogP contribution in [-0.4, -0.2) is 20.6 Å². The number of nitrogens with zero attached hydrogens (tertiary/aromatic N) is 2. The largest absolute Gasteiger partial charge is 0.505 e. The summed E-state index contributed by atoms with van der Waals surface area (Å²) in [5.74, 6) is -0.822. The fourth-order valence-electron chi connectivity index (χ4n) is 3.09. The van der Waals surface area contributed by atoms with Crippen LogP contribution < -0.4 is 10.9 Å². The molecule has 0 spiro atoms. The van der Waals surface area contributed by atoms with Gasteiger partial charge in [0.1, 0.15) is 0 Å². The van der Waals surface area contributed by atoms with Gasteiger partial charge in [-0.25, -0.2) is 4.98 Å². The number of aromatic hydroxyl groups is 1. The fourth-order valence-corrected chi connectivity index (χ4v) is 3.58. The molecule has 1 aromatic heterocycles. The van der Waals surface area contributed by atoms with Crippen molar-refractivity contribution in [2.24, 2.45) is 0 Å². The van der Waals surface area contributed by atoms with Gasteiger partial charge in [-0.1, -0.05) is 59.6 Å². The van der Waals surface area contributed by atoms with Crippen molar-refractivity contribution in [1.29, 1.82) is 0 Å². The van der Waals surface area contributed by atoms with Crippen molar-refractivity contribution >= 4 is 45.7 Å². The molecule has 8 heteroatoms. The number of hydrogen-bond acceptors (Lipinski definition) is 4. The first-order valence-electron chi connectivity index (χ1n) is 8.95. The average molecular weight is 440 g/mol. The molecule has 0 aliphatic rings. The molecule has 0 aliphatic carbocycles. The summed E-state index contributed by atoms with van der Waals surface area (Å²) in [5.41, 5.74) is 1.60. The van der Waals surface area contributed by atoms with Gasteiger partial charge in [-0.2, -0.15) is 0 Å². The highest BCUT2D eigenvalue weighted by Gasteiger charge is 2.16. The van der Waals surface area contributed by atoms with E-state index in [4.69, 9.17) is 23.2 Å². The summed E-state index contributed by atoms with van der Waals surface area (Å²) in [6.07, 6.45) is 1.49. The van der Waals surface area contributed by atoms with E-state index in [0.717, 1.165) is 5.56 Å². The highest BCUT2D eigenvalue weighted by Crippen LogP contribution is 2.33. The molecule has 4 rings (SSSR count). The summed E-state index contributed by atoms with van der Waals surface area (Å²) in [6, 6.07) is 17.2. The van der Waals surface area contributed by atoms with E-state index in [2.05, 4.69) is 10.3 Å². The molecule has 1 amide bonds. The van der Waals surface area contributed by atoms with Crippen LogP contribution >= 0.6 is 23.2 Å². The highest BCUT2D eigenvalue weighted by molar-refractivity contribution is 6.37. The molecule has 0 radical (unpaired) electrons. The Kier molecular flexibility index (Phi) is 5.44. The zero-order valence-electron chi connectivity index (χ0n) is 15.5.